The van der Waals surface area contributed by atoms with Crippen LogP contribution in [-0.4, -0.2) is 32.1 Å². The average Bonchev–Trinajstić information content (AvgIpc) is 2.80. The van der Waals surface area contributed by atoms with Crippen molar-refractivity contribution in [1.82, 2.24) is 0 Å². The zero-order chi connectivity index (χ0) is 22.0. The predicted octanol–water partition coefficient (Wildman–Crippen LogP) is 3.99. The number of carbonyl (C=O) groups is 3. The first-order valence-corrected chi connectivity index (χ1v) is 9.60. The maximum Gasteiger partial charge on any atom is 0.342 e. The van der Waals surface area contributed by atoms with Crippen LogP contribution < -0.4 is 19.3 Å². The van der Waals surface area contributed by atoms with Gasteiger partial charge in [0, 0.05) is 0 Å². The number of benzene rings is 3. The Morgan fingerprint density at radius 3 is 1.42 bits per heavy atom. The van der Waals surface area contributed by atoms with Crippen molar-refractivity contribution >= 4 is 29.2 Å². The average molecular weight is 416 g/mol. The number of amides is 4. The molecule has 0 saturated carbocycles. The summed E-state index contributed by atoms with van der Waals surface area (Å²) in [6.45, 7) is 0. The van der Waals surface area contributed by atoms with Crippen molar-refractivity contribution in [2.75, 3.05) is 24.0 Å². The van der Waals surface area contributed by atoms with E-state index in [1.807, 2.05) is 0 Å². The largest absolute Gasteiger partial charge is 0.497 e. The van der Waals surface area contributed by atoms with E-state index in [1.54, 1.807) is 78.9 Å². The van der Waals surface area contributed by atoms with Crippen molar-refractivity contribution in [2.45, 2.75) is 5.92 Å². The highest BCUT2D eigenvalue weighted by molar-refractivity contribution is 6.38. The van der Waals surface area contributed by atoms with E-state index in [4.69, 9.17) is 9.47 Å². The molecule has 7 nitrogen and oxygen atoms in total. The number of carbonyl (C=O) groups excluding carboxylic acids is 3. The number of methoxy groups -OCH3 is 2. The summed E-state index contributed by atoms with van der Waals surface area (Å²) in [5.74, 6) is -1.18. The lowest BCUT2D eigenvalue weighted by atomic mass is 9.93. The summed E-state index contributed by atoms with van der Waals surface area (Å²) in [6, 6.07) is 21.0. The lowest BCUT2D eigenvalue weighted by molar-refractivity contribution is -0.129. The monoisotopic (exact) mass is 416 g/mol. The van der Waals surface area contributed by atoms with Crippen molar-refractivity contribution in [3.63, 3.8) is 0 Å². The van der Waals surface area contributed by atoms with Crippen molar-refractivity contribution in [3.8, 4) is 11.5 Å². The molecule has 7 heteroatoms. The standard InChI is InChI=1S/C24H20N2O5/c1-30-19-12-8-17(9-13-19)25-22(27)21(16-6-4-3-5-7-16)23(28)26(24(25)29)18-10-14-20(31-2)15-11-18/h3-15,21H,1-2H3. The molecule has 0 bridgehead atoms. The molecule has 4 amide bonds. The van der Waals surface area contributed by atoms with Gasteiger partial charge in [0.25, 0.3) is 11.8 Å². The second-order valence-electron chi connectivity index (χ2n) is 6.87. The highest BCUT2D eigenvalue weighted by atomic mass is 16.5. The molecule has 0 unspecified atom stereocenters. The van der Waals surface area contributed by atoms with Gasteiger partial charge in [0.05, 0.1) is 25.6 Å². The van der Waals surface area contributed by atoms with E-state index in [0.29, 0.717) is 28.4 Å². The van der Waals surface area contributed by atoms with Crippen LogP contribution in [0.3, 0.4) is 0 Å². The second-order valence-corrected chi connectivity index (χ2v) is 6.87. The van der Waals surface area contributed by atoms with Crippen LogP contribution in [0.4, 0.5) is 16.2 Å². The Labute approximate surface area is 179 Å². The molecular weight excluding hydrogens is 396 g/mol. The molecule has 0 aromatic heterocycles. The van der Waals surface area contributed by atoms with Crippen LogP contribution in [0.2, 0.25) is 0 Å². The molecule has 0 aliphatic carbocycles. The maximum atomic E-state index is 13.4. The maximum absolute atomic E-state index is 13.4. The molecule has 3 aromatic carbocycles. The van der Waals surface area contributed by atoms with Gasteiger partial charge in [-0.15, -0.1) is 0 Å². The number of imide groups is 2. The van der Waals surface area contributed by atoms with Gasteiger partial charge in [-0.2, -0.15) is 0 Å². The fraction of sp³-hybridized carbons (Fsp3) is 0.125. The Morgan fingerprint density at radius 1 is 0.613 bits per heavy atom. The third-order valence-corrected chi connectivity index (χ3v) is 5.11. The Bertz CT molecular complexity index is 1040. The molecule has 1 fully saturated rings. The molecule has 1 aliphatic rings. The third kappa shape index (κ3) is 3.61. The minimum atomic E-state index is -1.15. The summed E-state index contributed by atoms with van der Waals surface area (Å²) >= 11 is 0. The van der Waals surface area contributed by atoms with E-state index in [0.717, 1.165) is 9.80 Å². The smallest absolute Gasteiger partial charge is 0.342 e. The first kappa shape index (κ1) is 20.2. The number of ether oxygens (including phenoxy) is 2. The summed E-state index contributed by atoms with van der Waals surface area (Å²) in [4.78, 5) is 42.2. The van der Waals surface area contributed by atoms with E-state index in [-0.39, 0.29) is 0 Å². The van der Waals surface area contributed by atoms with Gasteiger partial charge in [0.2, 0.25) is 0 Å². The molecule has 0 spiro atoms. The number of hydrogen-bond donors (Lipinski definition) is 0. The molecule has 31 heavy (non-hydrogen) atoms. The van der Waals surface area contributed by atoms with Gasteiger partial charge < -0.3 is 9.47 Å². The van der Waals surface area contributed by atoms with Gasteiger partial charge in [-0.3, -0.25) is 9.59 Å². The summed E-state index contributed by atoms with van der Waals surface area (Å²) < 4.78 is 10.3. The van der Waals surface area contributed by atoms with Crippen molar-refractivity contribution in [1.29, 1.82) is 0 Å². The number of nitrogens with zero attached hydrogens (tertiary/aromatic N) is 2. The molecule has 1 aliphatic heterocycles. The quantitative estimate of drug-likeness (QED) is 0.588. The second kappa shape index (κ2) is 8.31. The van der Waals surface area contributed by atoms with E-state index < -0.39 is 23.8 Å². The minimum Gasteiger partial charge on any atom is -0.497 e. The van der Waals surface area contributed by atoms with Crippen LogP contribution in [0.5, 0.6) is 11.5 Å². The van der Waals surface area contributed by atoms with Crippen LogP contribution in [0, 0.1) is 0 Å². The van der Waals surface area contributed by atoms with Gasteiger partial charge in [-0.05, 0) is 54.1 Å². The molecule has 0 N–H and O–H groups in total. The van der Waals surface area contributed by atoms with Crippen LogP contribution in [-0.2, 0) is 9.59 Å². The Balaban J connectivity index is 1.82. The fourth-order valence-corrected chi connectivity index (χ4v) is 3.52. The Morgan fingerprint density at radius 2 is 1.03 bits per heavy atom. The predicted molar refractivity (Wildman–Crippen MR) is 116 cm³/mol. The summed E-state index contributed by atoms with van der Waals surface area (Å²) in [6.07, 6.45) is 0. The van der Waals surface area contributed by atoms with Gasteiger partial charge in [0.15, 0.2) is 0 Å². The highest BCUT2D eigenvalue weighted by Gasteiger charge is 2.47. The van der Waals surface area contributed by atoms with Gasteiger partial charge in [0.1, 0.15) is 17.4 Å². The number of urea groups is 1. The summed E-state index contributed by atoms with van der Waals surface area (Å²) in [5, 5.41) is 0. The number of anilines is 2. The van der Waals surface area contributed by atoms with Crippen molar-refractivity contribution in [3.05, 3.63) is 84.4 Å². The molecule has 0 atom stereocenters. The van der Waals surface area contributed by atoms with Crippen LogP contribution in [0.15, 0.2) is 78.9 Å². The van der Waals surface area contributed by atoms with Crippen LogP contribution in [0.1, 0.15) is 11.5 Å². The first-order valence-electron chi connectivity index (χ1n) is 9.60. The van der Waals surface area contributed by atoms with Gasteiger partial charge in [-0.1, -0.05) is 30.3 Å². The lowest BCUT2D eigenvalue weighted by Crippen LogP contribution is -2.59. The van der Waals surface area contributed by atoms with E-state index in [9.17, 15) is 14.4 Å². The molecule has 3 aromatic rings. The van der Waals surface area contributed by atoms with E-state index in [1.165, 1.54) is 14.2 Å². The molecule has 4 rings (SSSR count). The molecule has 1 saturated heterocycles. The fourth-order valence-electron chi connectivity index (χ4n) is 3.52. The van der Waals surface area contributed by atoms with Gasteiger partial charge in [-0.25, -0.2) is 14.6 Å². The van der Waals surface area contributed by atoms with Gasteiger partial charge >= 0.3 is 6.03 Å². The zero-order valence-corrected chi connectivity index (χ0v) is 17.0. The van der Waals surface area contributed by atoms with Crippen molar-refractivity contribution < 1.29 is 23.9 Å². The topological polar surface area (TPSA) is 76.2 Å². The Kier molecular flexibility index (Phi) is 5.41. The number of rotatable bonds is 5. The molecule has 0 radical (unpaired) electrons. The lowest BCUT2D eigenvalue weighted by Gasteiger charge is -2.37. The summed E-state index contributed by atoms with van der Waals surface area (Å²) in [5.41, 5.74) is 1.22. The molecule has 1 heterocycles. The minimum absolute atomic E-state index is 0.350. The number of barbiturate groups is 1. The van der Waals surface area contributed by atoms with Crippen molar-refractivity contribution in [2.24, 2.45) is 0 Å². The van der Waals surface area contributed by atoms with Crippen LogP contribution in [0.25, 0.3) is 0 Å². The third-order valence-electron chi connectivity index (χ3n) is 5.11. The first-order chi connectivity index (χ1) is 15.0. The SMILES string of the molecule is COc1ccc(N2C(=O)C(c3ccccc3)C(=O)N(c3ccc(OC)cc3)C2=O)cc1. The zero-order valence-electron chi connectivity index (χ0n) is 17.0. The number of hydrogen-bond acceptors (Lipinski definition) is 5. The van der Waals surface area contributed by atoms with E-state index >= 15 is 0 Å². The highest BCUT2D eigenvalue weighted by Crippen LogP contribution is 2.34. The molecule has 156 valence electrons. The normalized spacial score (nSPS) is 14.7. The van der Waals surface area contributed by atoms with E-state index in [2.05, 4.69) is 0 Å². The molecular formula is C24H20N2O5. The Hall–Kier alpha value is -4.13. The van der Waals surface area contributed by atoms with Crippen LogP contribution >= 0.6 is 0 Å². The summed E-state index contributed by atoms with van der Waals surface area (Å²) in [7, 11) is 3.06.